The second-order valence-electron chi connectivity index (χ2n) is 1.65. The van der Waals surface area contributed by atoms with E-state index in [1.54, 1.807) is 0 Å². The summed E-state index contributed by atoms with van der Waals surface area (Å²) in [5.74, 6) is 0.162. The Labute approximate surface area is 55.6 Å². The predicted octanol–water partition coefficient (Wildman–Crippen LogP) is -3.33. The summed E-state index contributed by atoms with van der Waals surface area (Å²) in [6.07, 6.45) is 0. The molecule has 0 rings (SSSR count). The number of guanidine groups is 1. The minimum Gasteiger partial charge on any atom is -1.00 e. The van der Waals surface area contributed by atoms with Crippen molar-refractivity contribution in [2.75, 3.05) is 0 Å². The maximum absolute atomic E-state index is 5.02. The summed E-state index contributed by atoms with van der Waals surface area (Å²) >= 11 is 0. The fourth-order valence-electron chi connectivity index (χ4n) is 0.298. The first-order valence-electron chi connectivity index (χ1n) is 2.21. The van der Waals surface area contributed by atoms with E-state index >= 15 is 0 Å². The maximum atomic E-state index is 5.02. The lowest BCUT2D eigenvalue weighted by Crippen LogP contribution is -3.00. The van der Waals surface area contributed by atoms with Gasteiger partial charge in [0.25, 0.3) is 0 Å². The van der Waals surface area contributed by atoms with E-state index < -0.39 is 0 Å². The number of halogens is 1. The Balaban J connectivity index is 0. The lowest BCUT2D eigenvalue weighted by atomic mass is 10.4. The van der Waals surface area contributed by atoms with Crippen molar-refractivity contribution in [3.05, 3.63) is 0 Å². The standard InChI is InChI=1S/C4H11N3.ClH/c1-3(2)7-4(5)6;/h3H,1-2H3,(H4,5,6,7);1H/p-1. The van der Waals surface area contributed by atoms with Gasteiger partial charge in [0, 0.05) is 6.04 Å². The maximum Gasteiger partial charge on any atom is 0.186 e. The van der Waals surface area contributed by atoms with Crippen LogP contribution in [0.1, 0.15) is 13.8 Å². The Morgan fingerprint density at radius 3 is 1.75 bits per heavy atom. The van der Waals surface area contributed by atoms with Crippen LogP contribution in [0, 0.1) is 0 Å². The molecule has 3 nitrogen and oxygen atoms in total. The zero-order valence-corrected chi connectivity index (χ0v) is 5.81. The lowest BCUT2D eigenvalue weighted by molar-refractivity contribution is -0.00000213. The molecule has 0 aromatic rings. The van der Waals surface area contributed by atoms with Crippen LogP contribution in [-0.4, -0.2) is 12.0 Å². The summed E-state index contributed by atoms with van der Waals surface area (Å²) in [5, 5.41) is 0. The Hall–Kier alpha value is -0.440. The molecule has 4 heteroatoms. The summed E-state index contributed by atoms with van der Waals surface area (Å²) in [6, 6.07) is 0.213. The molecule has 0 radical (unpaired) electrons. The molecule has 0 spiro atoms. The molecule has 50 valence electrons. The van der Waals surface area contributed by atoms with Crippen LogP contribution in [0.2, 0.25) is 0 Å². The summed E-state index contributed by atoms with van der Waals surface area (Å²) < 4.78 is 0. The van der Waals surface area contributed by atoms with E-state index in [4.69, 9.17) is 11.5 Å². The van der Waals surface area contributed by atoms with E-state index in [9.17, 15) is 0 Å². The highest BCUT2D eigenvalue weighted by molar-refractivity contribution is 5.75. The highest BCUT2D eigenvalue weighted by atomic mass is 35.5. The van der Waals surface area contributed by atoms with Gasteiger partial charge in [-0.3, -0.25) is 4.99 Å². The molecule has 0 saturated heterocycles. The van der Waals surface area contributed by atoms with E-state index in [-0.39, 0.29) is 24.4 Å². The zero-order valence-electron chi connectivity index (χ0n) is 5.06. The highest BCUT2D eigenvalue weighted by Crippen LogP contribution is 1.80. The van der Waals surface area contributed by atoms with Gasteiger partial charge >= 0.3 is 0 Å². The number of rotatable bonds is 1. The average molecular weight is 137 g/mol. The second kappa shape index (κ2) is 4.71. The van der Waals surface area contributed by atoms with Crippen molar-refractivity contribution in [2.24, 2.45) is 16.5 Å². The van der Waals surface area contributed by atoms with Crippen molar-refractivity contribution in [3.8, 4) is 0 Å². The van der Waals surface area contributed by atoms with Crippen molar-refractivity contribution in [1.29, 1.82) is 0 Å². The number of hydrogen-bond acceptors (Lipinski definition) is 1. The molecule has 4 N–H and O–H groups in total. The van der Waals surface area contributed by atoms with Gasteiger partial charge < -0.3 is 23.9 Å². The molecule has 0 unspecified atom stereocenters. The average Bonchev–Trinajstić information content (AvgIpc) is 1.27. The number of aliphatic imine (C=N–C) groups is 1. The highest BCUT2D eigenvalue weighted by Gasteiger charge is 1.83. The molecule has 0 aliphatic rings. The fourth-order valence-corrected chi connectivity index (χ4v) is 0.298. The molecule has 0 aromatic carbocycles. The van der Waals surface area contributed by atoms with Gasteiger partial charge in [-0.05, 0) is 13.8 Å². The van der Waals surface area contributed by atoms with Gasteiger partial charge in [-0.2, -0.15) is 0 Å². The molecule has 8 heavy (non-hydrogen) atoms. The van der Waals surface area contributed by atoms with Gasteiger partial charge in [0.1, 0.15) is 0 Å². The normalized spacial score (nSPS) is 7.88. The summed E-state index contributed by atoms with van der Waals surface area (Å²) in [7, 11) is 0. The molecule has 0 aliphatic heterocycles. The van der Waals surface area contributed by atoms with Crippen molar-refractivity contribution in [3.63, 3.8) is 0 Å². The summed E-state index contributed by atoms with van der Waals surface area (Å²) in [5.41, 5.74) is 10.0. The number of nitrogens with zero attached hydrogens (tertiary/aromatic N) is 1. The first-order valence-corrected chi connectivity index (χ1v) is 2.21. The first kappa shape index (κ1) is 10.5. The van der Waals surface area contributed by atoms with Crippen molar-refractivity contribution in [1.82, 2.24) is 0 Å². The van der Waals surface area contributed by atoms with Crippen LogP contribution in [-0.2, 0) is 0 Å². The smallest absolute Gasteiger partial charge is 0.186 e. The predicted molar refractivity (Wildman–Crippen MR) is 30.9 cm³/mol. The van der Waals surface area contributed by atoms with E-state index in [1.165, 1.54) is 0 Å². The van der Waals surface area contributed by atoms with Gasteiger partial charge in [0.05, 0.1) is 0 Å². The van der Waals surface area contributed by atoms with Gasteiger partial charge in [-0.25, -0.2) is 0 Å². The molecule has 0 aliphatic carbocycles. The van der Waals surface area contributed by atoms with Crippen molar-refractivity contribution < 1.29 is 12.4 Å². The quantitative estimate of drug-likeness (QED) is 0.293. The molecule has 0 aromatic heterocycles. The third kappa shape index (κ3) is 9.12. The fraction of sp³-hybridized carbons (Fsp3) is 0.750. The molecule has 0 heterocycles. The molecule has 0 bridgehead atoms. The van der Waals surface area contributed by atoms with Gasteiger partial charge in [-0.1, -0.05) is 0 Å². The SMILES string of the molecule is CC(C)N=C(N)N.[Cl-]. The second-order valence-corrected chi connectivity index (χ2v) is 1.65. The van der Waals surface area contributed by atoms with Gasteiger partial charge in [0.15, 0.2) is 5.96 Å². The number of hydrogen-bond donors (Lipinski definition) is 2. The zero-order chi connectivity index (χ0) is 5.86. The van der Waals surface area contributed by atoms with Crippen LogP contribution in [0.4, 0.5) is 0 Å². The Morgan fingerprint density at radius 2 is 1.75 bits per heavy atom. The van der Waals surface area contributed by atoms with Crippen LogP contribution in [0.25, 0.3) is 0 Å². The molecule has 0 atom stereocenters. The molecule has 0 amide bonds. The van der Waals surface area contributed by atoms with Crippen molar-refractivity contribution >= 4 is 5.96 Å². The van der Waals surface area contributed by atoms with Gasteiger partial charge in [0.2, 0.25) is 0 Å². The largest absolute Gasteiger partial charge is 1.00 e. The Bertz CT molecular complexity index is 75.4. The lowest BCUT2D eigenvalue weighted by Gasteiger charge is -1.93. The monoisotopic (exact) mass is 136 g/mol. The third-order valence-electron chi connectivity index (χ3n) is 0.407. The molecular weight excluding hydrogens is 126 g/mol. The van der Waals surface area contributed by atoms with Crippen LogP contribution < -0.4 is 23.9 Å². The van der Waals surface area contributed by atoms with E-state index in [1.807, 2.05) is 13.8 Å². The topological polar surface area (TPSA) is 64.4 Å². The molecular formula is C4H11ClN3-. The number of nitrogens with two attached hydrogens (primary N) is 2. The van der Waals surface area contributed by atoms with Crippen molar-refractivity contribution in [2.45, 2.75) is 19.9 Å². The van der Waals surface area contributed by atoms with E-state index in [0.717, 1.165) is 0 Å². The van der Waals surface area contributed by atoms with Gasteiger partial charge in [-0.15, -0.1) is 0 Å². The third-order valence-corrected chi connectivity index (χ3v) is 0.407. The Kier molecular flexibility index (Phi) is 6.20. The minimum atomic E-state index is 0. The summed E-state index contributed by atoms with van der Waals surface area (Å²) in [6.45, 7) is 3.83. The van der Waals surface area contributed by atoms with Crippen LogP contribution in [0.5, 0.6) is 0 Å². The van der Waals surface area contributed by atoms with E-state index in [2.05, 4.69) is 4.99 Å². The van der Waals surface area contributed by atoms with Crippen LogP contribution >= 0.6 is 0 Å². The molecule has 0 saturated carbocycles. The minimum absolute atomic E-state index is 0. The van der Waals surface area contributed by atoms with Crippen LogP contribution in [0.15, 0.2) is 4.99 Å². The Morgan fingerprint density at radius 1 is 1.38 bits per heavy atom. The van der Waals surface area contributed by atoms with Crippen LogP contribution in [0.3, 0.4) is 0 Å². The van der Waals surface area contributed by atoms with E-state index in [0.29, 0.717) is 0 Å². The first-order chi connectivity index (χ1) is 3.13. The summed E-state index contributed by atoms with van der Waals surface area (Å²) in [4.78, 5) is 3.75. The molecule has 0 fully saturated rings.